The monoisotopic (exact) mass is 305 g/mol. The summed E-state index contributed by atoms with van der Waals surface area (Å²) in [4.78, 5) is 4.40. The van der Waals surface area contributed by atoms with E-state index in [0.717, 1.165) is 23.8 Å². The van der Waals surface area contributed by atoms with Crippen molar-refractivity contribution < 1.29 is 4.52 Å². The molecule has 2 aromatic heterocycles. The van der Waals surface area contributed by atoms with Crippen LogP contribution in [0.5, 0.6) is 0 Å². The number of nitrogens with zero attached hydrogens (tertiary/aromatic N) is 5. The SMILES string of the molecule is CCCc1noc(CSc2nnc(C3CC3)n2C2CC2)n1. The predicted molar refractivity (Wildman–Crippen MR) is 78.1 cm³/mol. The molecular formula is C14H19N5OS. The van der Waals surface area contributed by atoms with Crippen LogP contribution < -0.4 is 0 Å². The molecule has 21 heavy (non-hydrogen) atoms. The fourth-order valence-electron chi connectivity index (χ4n) is 2.48. The van der Waals surface area contributed by atoms with Gasteiger partial charge in [-0.2, -0.15) is 4.98 Å². The lowest BCUT2D eigenvalue weighted by Crippen LogP contribution is -2.02. The molecule has 2 heterocycles. The number of aryl methyl sites for hydroxylation is 1. The summed E-state index contributed by atoms with van der Waals surface area (Å²) in [7, 11) is 0. The summed E-state index contributed by atoms with van der Waals surface area (Å²) >= 11 is 1.66. The summed E-state index contributed by atoms with van der Waals surface area (Å²) in [6.45, 7) is 2.11. The minimum absolute atomic E-state index is 0.622. The standard InChI is InChI=1S/C14H19N5OS/c1-2-3-11-15-12(20-18-11)8-21-14-17-16-13(9-4-5-9)19(14)10-6-7-10/h9-10H,2-8H2,1H3. The Bertz CT molecular complexity index is 629. The molecule has 6 nitrogen and oxygen atoms in total. The molecule has 0 N–H and O–H groups in total. The van der Waals surface area contributed by atoms with Gasteiger partial charge in [0.2, 0.25) is 5.89 Å². The number of rotatable bonds is 7. The van der Waals surface area contributed by atoms with E-state index < -0.39 is 0 Å². The molecule has 2 aliphatic rings. The average Bonchev–Trinajstić information content (AvgIpc) is 3.41. The van der Waals surface area contributed by atoms with Crippen LogP contribution in [0.1, 0.15) is 68.5 Å². The number of hydrogen-bond acceptors (Lipinski definition) is 6. The Labute approximate surface area is 127 Å². The lowest BCUT2D eigenvalue weighted by atomic mass is 10.3. The molecule has 112 valence electrons. The van der Waals surface area contributed by atoms with Gasteiger partial charge in [0, 0.05) is 18.4 Å². The lowest BCUT2D eigenvalue weighted by molar-refractivity contribution is 0.384. The average molecular weight is 305 g/mol. The first-order valence-electron chi connectivity index (χ1n) is 7.74. The Morgan fingerprint density at radius 2 is 2.10 bits per heavy atom. The van der Waals surface area contributed by atoms with E-state index in [1.54, 1.807) is 11.8 Å². The Hall–Kier alpha value is -1.37. The molecular weight excluding hydrogens is 286 g/mol. The zero-order chi connectivity index (χ0) is 14.2. The minimum Gasteiger partial charge on any atom is -0.338 e. The highest BCUT2D eigenvalue weighted by atomic mass is 32.2. The summed E-state index contributed by atoms with van der Waals surface area (Å²) < 4.78 is 7.63. The van der Waals surface area contributed by atoms with Crippen molar-refractivity contribution in [3.8, 4) is 0 Å². The van der Waals surface area contributed by atoms with Gasteiger partial charge in [-0.1, -0.05) is 23.8 Å². The maximum absolute atomic E-state index is 5.28. The molecule has 0 aliphatic heterocycles. The molecule has 2 aliphatic carbocycles. The number of aromatic nitrogens is 5. The van der Waals surface area contributed by atoms with E-state index >= 15 is 0 Å². The lowest BCUT2D eigenvalue weighted by Gasteiger charge is -2.06. The molecule has 0 spiro atoms. The first kappa shape index (κ1) is 13.3. The van der Waals surface area contributed by atoms with Crippen molar-refractivity contribution in [2.75, 3.05) is 0 Å². The van der Waals surface area contributed by atoms with Crippen molar-refractivity contribution in [2.24, 2.45) is 0 Å². The topological polar surface area (TPSA) is 69.6 Å². The van der Waals surface area contributed by atoms with Crippen LogP contribution in [0.25, 0.3) is 0 Å². The van der Waals surface area contributed by atoms with Gasteiger partial charge in [-0.15, -0.1) is 10.2 Å². The van der Waals surface area contributed by atoms with Crippen LogP contribution in [0.4, 0.5) is 0 Å². The largest absolute Gasteiger partial charge is 0.338 e. The highest BCUT2D eigenvalue weighted by Crippen LogP contribution is 2.46. The highest BCUT2D eigenvalue weighted by molar-refractivity contribution is 7.98. The molecule has 2 fully saturated rings. The quantitative estimate of drug-likeness (QED) is 0.732. The van der Waals surface area contributed by atoms with Crippen LogP contribution in [-0.2, 0) is 12.2 Å². The van der Waals surface area contributed by atoms with Crippen LogP contribution in [-0.4, -0.2) is 24.9 Å². The number of thioether (sulfide) groups is 1. The molecule has 0 atom stereocenters. The van der Waals surface area contributed by atoms with E-state index in [9.17, 15) is 0 Å². The molecule has 0 radical (unpaired) electrons. The molecule has 0 bridgehead atoms. The second-order valence-corrected chi connectivity index (χ2v) is 6.80. The molecule has 2 aromatic rings. The third kappa shape index (κ3) is 2.84. The van der Waals surface area contributed by atoms with Crippen molar-refractivity contribution in [2.45, 2.75) is 68.3 Å². The normalized spacial score (nSPS) is 18.3. The third-order valence-corrected chi connectivity index (χ3v) is 4.78. The van der Waals surface area contributed by atoms with Gasteiger partial charge in [0.15, 0.2) is 11.0 Å². The van der Waals surface area contributed by atoms with Gasteiger partial charge in [-0.05, 0) is 32.1 Å². The smallest absolute Gasteiger partial charge is 0.237 e. The summed E-state index contributed by atoms with van der Waals surface area (Å²) in [5, 5.41) is 13.8. The van der Waals surface area contributed by atoms with E-state index in [0.29, 0.717) is 23.6 Å². The van der Waals surface area contributed by atoms with Gasteiger partial charge in [0.05, 0.1) is 5.75 Å². The maximum Gasteiger partial charge on any atom is 0.237 e. The molecule has 2 saturated carbocycles. The van der Waals surface area contributed by atoms with Gasteiger partial charge >= 0.3 is 0 Å². The van der Waals surface area contributed by atoms with Crippen molar-refractivity contribution in [3.05, 3.63) is 17.5 Å². The molecule has 7 heteroatoms. The van der Waals surface area contributed by atoms with Crippen molar-refractivity contribution >= 4 is 11.8 Å². The summed E-state index contributed by atoms with van der Waals surface area (Å²) in [6, 6.07) is 0.622. The summed E-state index contributed by atoms with van der Waals surface area (Å²) in [5.41, 5.74) is 0. The Morgan fingerprint density at radius 3 is 2.81 bits per heavy atom. The first-order chi connectivity index (χ1) is 10.3. The fraction of sp³-hybridized carbons (Fsp3) is 0.714. The van der Waals surface area contributed by atoms with Gasteiger partial charge in [-0.3, -0.25) is 0 Å². The Morgan fingerprint density at radius 1 is 1.24 bits per heavy atom. The van der Waals surface area contributed by atoms with E-state index in [-0.39, 0.29) is 0 Å². The molecule has 4 rings (SSSR count). The van der Waals surface area contributed by atoms with E-state index in [1.807, 2.05) is 0 Å². The molecule has 0 unspecified atom stereocenters. The minimum atomic E-state index is 0.622. The van der Waals surface area contributed by atoms with Gasteiger partial charge in [0.1, 0.15) is 5.82 Å². The zero-order valence-corrected chi connectivity index (χ0v) is 13.0. The van der Waals surface area contributed by atoms with Gasteiger partial charge in [-0.25, -0.2) is 0 Å². The third-order valence-electron chi connectivity index (χ3n) is 3.85. The Balaban J connectivity index is 1.46. The van der Waals surface area contributed by atoms with E-state index in [4.69, 9.17) is 4.52 Å². The Kier molecular flexibility index (Phi) is 3.45. The first-order valence-corrected chi connectivity index (χ1v) is 8.72. The molecule has 0 aromatic carbocycles. The van der Waals surface area contributed by atoms with Crippen LogP contribution in [0.2, 0.25) is 0 Å². The second kappa shape index (κ2) is 5.44. The summed E-state index contributed by atoms with van der Waals surface area (Å²) in [6.07, 6.45) is 6.95. The number of hydrogen-bond donors (Lipinski definition) is 0. The summed E-state index contributed by atoms with van der Waals surface area (Å²) in [5.74, 6) is 3.99. The van der Waals surface area contributed by atoms with Gasteiger partial charge < -0.3 is 9.09 Å². The van der Waals surface area contributed by atoms with E-state index in [2.05, 4.69) is 31.8 Å². The molecule has 0 amide bonds. The second-order valence-electron chi connectivity index (χ2n) is 5.86. The molecule has 0 saturated heterocycles. The van der Waals surface area contributed by atoms with Gasteiger partial charge in [0.25, 0.3) is 0 Å². The van der Waals surface area contributed by atoms with E-state index in [1.165, 1.54) is 31.5 Å². The highest BCUT2D eigenvalue weighted by Gasteiger charge is 2.36. The predicted octanol–water partition coefficient (Wildman–Crippen LogP) is 3.12. The van der Waals surface area contributed by atoms with Crippen LogP contribution in [0.3, 0.4) is 0 Å². The van der Waals surface area contributed by atoms with Crippen LogP contribution >= 0.6 is 11.8 Å². The van der Waals surface area contributed by atoms with Crippen molar-refractivity contribution in [1.82, 2.24) is 24.9 Å². The zero-order valence-electron chi connectivity index (χ0n) is 12.2. The van der Waals surface area contributed by atoms with Crippen molar-refractivity contribution in [1.29, 1.82) is 0 Å². The van der Waals surface area contributed by atoms with Crippen LogP contribution in [0.15, 0.2) is 9.68 Å². The van der Waals surface area contributed by atoms with Crippen molar-refractivity contribution in [3.63, 3.8) is 0 Å². The fourth-order valence-corrected chi connectivity index (χ4v) is 3.33. The maximum atomic E-state index is 5.28. The van der Waals surface area contributed by atoms with Crippen LogP contribution in [0, 0.1) is 0 Å².